The number of carbonyl (C=O) groups excluding carboxylic acids is 2. The molecular formula is C24H21NO6. The predicted molar refractivity (Wildman–Crippen MR) is 113 cm³/mol. The Morgan fingerprint density at radius 2 is 1.42 bits per heavy atom. The fourth-order valence-electron chi connectivity index (χ4n) is 2.78. The van der Waals surface area contributed by atoms with Crippen LogP contribution < -0.4 is 10.1 Å². The van der Waals surface area contributed by atoms with E-state index in [0.717, 1.165) is 5.56 Å². The Morgan fingerprint density at radius 1 is 0.806 bits per heavy atom. The molecule has 2 N–H and O–H groups in total. The lowest BCUT2D eigenvalue weighted by Gasteiger charge is -2.15. The number of amides is 1. The normalized spacial score (nSPS) is 11.2. The summed E-state index contributed by atoms with van der Waals surface area (Å²) in [5, 5.41) is 11.8. The molecule has 0 unspecified atom stereocenters. The summed E-state index contributed by atoms with van der Waals surface area (Å²) in [6.45, 7) is 0.0422. The number of rotatable bonds is 8. The van der Waals surface area contributed by atoms with Crippen LogP contribution in [0.4, 0.5) is 4.79 Å². The van der Waals surface area contributed by atoms with Gasteiger partial charge in [0.15, 0.2) is 0 Å². The molecule has 3 aromatic rings. The van der Waals surface area contributed by atoms with Crippen molar-refractivity contribution in [2.75, 3.05) is 0 Å². The Morgan fingerprint density at radius 3 is 2.03 bits per heavy atom. The van der Waals surface area contributed by atoms with Crippen molar-refractivity contribution in [2.24, 2.45) is 0 Å². The zero-order valence-corrected chi connectivity index (χ0v) is 16.6. The van der Waals surface area contributed by atoms with E-state index < -0.39 is 24.1 Å². The molecule has 0 bridgehead atoms. The monoisotopic (exact) mass is 419 g/mol. The lowest BCUT2D eigenvalue weighted by Crippen LogP contribution is -2.42. The van der Waals surface area contributed by atoms with Gasteiger partial charge in [-0.15, -0.1) is 0 Å². The minimum absolute atomic E-state index is 0.0422. The van der Waals surface area contributed by atoms with Crippen molar-refractivity contribution >= 4 is 18.0 Å². The van der Waals surface area contributed by atoms with Crippen molar-refractivity contribution < 1.29 is 29.0 Å². The second-order valence-corrected chi connectivity index (χ2v) is 6.70. The number of nitrogens with one attached hydrogen (secondary N) is 1. The standard InChI is InChI=1S/C24H21NO6/c26-22(27)21(25-24(29)30-16-18-7-3-1-4-8-18)15-17-11-13-20(14-12-17)31-23(28)19-9-5-2-6-10-19/h1-14,21H,15-16H2,(H,25,29)(H,26,27)/t21-/m0/s1. The van der Waals surface area contributed by atoms with Crippen LogP contribution in [0.3, 0.4) is 0 Å². The third-order valence-corrected chi connectivity index (χ3v) is 4.39. The quantitative estimate of drug-likeness (QED) is 0.425. The summed E-state index contributed by atoms with van der Waals surface area (Å²) in [7, 11) is 0. The molecule has 0 aliphatic heterocycles. The van der Waals surface area contributed by atoms with Gasteiger partial charge in [-0.3, -0.25) is 0 Å². The van der Waals surface area contributed by atoms with Crippen molar-refractivity contribution in [1.29, 1.82) is 0 Å². The first-order chi connectivity index (χ1) is 15.0. The van der Waals surface area contributed by atoms with Gasteiger partial charge in [-0.25, -0.2) is 14.4 Å². The first-order valence-electron chi connectivity index (χ1n) is 9.57. The Kier molecular flexibility index (Phi) is 7.37. The first kappa shape index (κ1) is 21.6. The molecule has 0 saturated carbocycles. The highest BCUT2D eigenvalue weighted by molar-refractivity contribution is 5.90. The minimum atomic E-state index is -1.18. The summed E-state index contributed by atoms with van der Waals surface area (Å²) in [6, 6.07) is 22.9. The van der Waals surface area contributed by atoms with Crippen LogP contribution >= 0.6 is 0 Å². The van der Waals surface area contributed by atoms with E-state index in [-0.39, 0.29) is 13.0 Å². The fraction of sp³-hybridized carbons (Fsp3) is 0.125. The maximum atomic E-state index is 12.1. The number of esters is 1. The van der Waals surface area contributed by atoms with Gasteiger partial charge >= 0.3 is 18.0 Å². The molecule has 0 radical (unpaired) electrons. The van der Waals surface area contributed by atoms with E-state index in [4.69, 9.17) is 9.47 Å². The van der Waals surface area contributed by atoms with E-state index in [9.17, 15) is 19.5 Å². The van der Waals surface area contributed by atoms with Gasteiger partial charge in [0, 0.05) is 6.42 Å². The van der Waals surface area contributed by atoms with E-state index in [1.54, 1.807) is 66.7 Å². The highest BCUT2D eigenvalue weighted by Crippen LogP contribution is 2.16. The number of hydrogen-bond donors (Lipinski definition) is 2. The van der Waals surface area contributed by atoms with E-state index >= 15 is 0 Å². The van der Waals surface area contributed by atoms with Crippen LogP contribution in [-0.2, 0) is 22.6 Å². The molecule has 0 fully saturated rings. The summed E-state index contributed by atoms with van der Waals surface area (Å²) in [5.41, 5.74) is 1.87. The Balaban J connectivity index is 1.54. The van der Waals surface area contributed by atoms with Gasteiger partial charge in [-0.05, 0) is 35.4 Å². The van der Waals surface area contributed by atoms with E-state index in [2.05, 4.69) is 5.32 Å². The second-order valence-electron chi connectivity index (χ2n) is 6.70. The molecule has 1 atom stereocenters. The average molecular weight is 419 g/mol. The molecule has 3 rings (SSSR count). The van der Waals surface area contributed by atoms with E-state index in [1.807, 2.05) is 18.2 Å². The SMILES string of the molecule is O=C(N[C@@H](Cc1ccc(OC(=O)c2ccccc2)cc1)C(=O)O)OCc1ccccc1. The van der Waals surface area contributed by atoms with Crippen LogP contribution in [0.5, 0.6) is 5.75 Å². The summed E-state index contributed by atoms with van der Waals surface area (Å²) >= 11 is 0. The number of carbonyl (C=O) groups is 3. The van der Waals surface area contributed by atoms with Crippen LogP contribution in [0, 0.1) is 0 Å². The van der Waals surface area contributed by atoms with Gasteiger partial charge in [0.2, 0.25) is 0 Å². The van der Waals surface area contributed by atoms with Gasteiger partial charge in [-0.1, -0.05) is 60.7 Å². The number of carboxylic acids is 1. The fourth-order valence-corrected chi connectivity index (χ4v) is 2.78. The molecule has 31 heavy (non-hydrogen) atoms. The van der Waals surface area contributed by atoms with Crippen LogP contribution in [-0.4, -0.2) is 29.2 Å². The number of alkyl carbamates (subject to hydrolysis) is 1. The summed E-state index contributed by atoms with van der Waals surface area (Å²) < 4.78 is 10.4. The third kappa shape index (κ3) is 6.71. The van der Waals surface area contributed by atoms with Crippen molar-refractivity contribution in [3.05, 3.63) is 102 Å². The Bertz CT molecular complexity index is 1020. The maximum absolute atomic E-state index is 12.1. The largest absolute Gasteiger partial charge is 0.480 e. The van der Waals surface area contributed by atoms with Gasteiger partial charge in [0.25, 0.3) is 0 Å². The van der Waals surface area contributed by atoms with Gasteiger partial charge in [0.1, 0.15) is 18.4 Å². The van der Waals surface area contributed by atoms with Crippen molar-refractivity contribution in [3.8, 4) is 5.75 Å². The zero-order valence-electron chi connectivity index (χ0n) is 16.6. The summed E-state index contributed by atoms with van der Waals surface area (Å²) in [6.07, 6.45) is -0.771. The van der Waals surface area contributed by atoms with Crippen LogP contribution in [0.25, 0.3) is 0 Å². The summed E-state index contributed by atoms with van der Waals surface area (Å²) in [4.78, 5) is 35.6. The number of ether oxygens (including phenoxy) is 2. The first-order valence-corrected chi connectivity index (χ1v) is 9.57. The molecule has 0 aromatic heterocycles. The number of benzene rings is 3. The Hall–Kier alpha value is -4.13. The lowest BCUT2D eigenvalue weighted by atomic mass is 10.1. The van der Waals surface area contributed by atoms with Crippen LogP contribution in [0.15, 0.2) is 84.9 Å². The van der Waals surface area contributed by atoms with Gasteiger partial charge < -0.3 is 19.9 Å². The predicted octanol–water partition coefficient (Wildman–Crippen LogP) is 3.83. The molecule has 7 heteroatoms. The zero-order chi connectivity index (χ0) is 22.1. The van der Waals surface area contributed by atoms with Gasteiger partial charge in [0.05, 0.1) is 5.56 Å². The molecule has 1 amide bonds. The minimum Gasteiger partial charge on any atom is -0.480 e. The van der Waals surface area contributed by atoms with E-state index in [0.29, 0.717) is 16.9 Å². The van der Waals surface area contributed by atoms with E-state index in [1.165, 1.54) is 0 Å². The van der Waals surface area contributed by atoms with Crippen molar-refractivity contribution in [3.63, 3.8) is 0 Å². The molecule has 0 spiro atoms. The second kappa shape index (κ2) is 10.6. The highest BCUT2D eigenvalue weighted by atomic mass is 16.5. The lowest BCUT2D eigenvalue weighted by molar-refractivity contribution is -0.139. The number of hydrogen-bond acceptors (Lipinski definition) is 5. The van der Waals surface area contributed by atoms with Crippen molar-refractivity contribution in [1.82, 2.24) is 5.32 Å². The summed E-state index contributed by atoms with van der Waals surface area (Å²) in [5.74, 6) is -1.34. The van der Waals surface area contributed by atoms with Crippen LogP contribution in [0.2, 0.25) is 0 Å². The van der Waals surface area contributed by atoms with Crippen molar-refractivity contribution in [2.45, 2.75) is 19.1 Å². The number of carboxylic acid groups (broad SMARTS) is 1. The molecule has 0 aliphatic carbocycles. The molecule has 7 nitrogen and oxygen atoms in total. The van der Waals surface area contributed by atoms with Gasteiger partial charge in [-0.2, -0.15) is 0 Å². The molecule has 0 aliphatic rings. The third-order valence-electron chi connectivity index (χ3n) is 4.39. The molecule has 3 aromatic carbocycles. The smallest absolute Gasteiger partial charge is 0.408 e. The van der Waals surface area contributed by atoms with Crippen LogP contribution in [0.1, 0.15) is 21.5 Å². The maximum Gasteiger partial charge on any atom is 0.408 e. The highest BCUT2D eigenvalue weighted by Gasteiger charge is 2.21. The Labute approximate surface area is 179 Å². The topological polar surface area (TPSA) is 102 Å². The average Bonchev–Trinajstić information content (AvgIpc) is 2.79. The molecule has 158 valence electrons. The number of aliphatic carboxylic acids is 1. The molecule has 0 heterocycles. The molecular weight excluding hydrogens is 398 g/mol. The molecule has 0 saturated heterocycles.